The van der Waals surface area contributed by atoms with Crippen molar-refractivity contribution in [3.63, 3.8) is 0 Å². The first kappa shape index (κ1) is 16.7. The summed E-state index contributed by atoms with van der Waals surface area (Å²) in [5.41, 5.74) is 0. The fraction of sp³-hybridized carbons (Fsp3) is 0.727. The zero-order valence-electron chi connectivity index (χ0n) is 10.1. The van der Waals surface area contributed by atoms with Crippen LogP contribution in [0.1, 0.15) is 13.3 Å². The second-order valence-electron chi connectivity index (χ2n) is 3.79. The lowest BCUT2D eigenvalue weighted by Crippen LogP contribution is -2.34. The van der Waals surface area contributed by atoms with Crippen LogP contribution in [0.5, 0.6) is 0 Å². The molecular weight excluding hydrogens is 249 g/mol. The third kappa shape index (κ3) is 7.14. The first-order valence-corrected chi connectivity index (χ1v) is 5.50. The number of nitrogens with zero attached hydrogens (tertiary/aromatic N) is 1. The van der Waals surface area contributed by atoms with Crippen LogP contribution < -0.4 is 5.32 Å². The summed E-state index contributed by atoms with van der Waals surface area (Å²) in [7, 11) is 0. The number of carboxylic acids is 1. The molecule has 2 N–H and O–H groups in total. The van der Waals surface area contributed by atoms with Crippen molar-refractivity contribution >= 4 is 5.97 Å². The lowest BCUT2D eigenvalue weighted by atomic mass is 10.3. The number of hydrogen-bond donors (Lipinski definition) is 2. The van der Waals surface area contributed by atoms with E-state index in [0.29, 0.717) is 6.04 Å². The largest absolute Gasteiger partial charge is 0.490 e. The number of nitrogens with one attached hydrogen (secondary N) is 1. The molecule has 0 amide bonds. The second-order valence-corrected chi connectivity index (χ2v) is 3.79. The maximum absolute atomic E-state index is 10.6. The summed E-state index contributed by atoms with van der Waals surface area (Å²) in [4.78, 5) is 11.2. The van der Waals surface area contributed by atoms with Crippen molar-refractivity contribution in [2.75, 3.05) is 26.2 Å². The molecule has 1 atom stereocenters. The first-order chi connectivity index (χ1) is 8.29. The van der Waals surface area contributed by atoms with Crippen molar-refractivity contribution in [2.45, 2.75) is 25.6 Å². The monoisotopic (exact) mass is 266 g/mol. The van der Waals surface area contributed by atoms with Crippen LogP contribution in [0.25, 0.3) is 0 Å². The lowest BCUT2D eigenvalue weighted by molar-refractivity contribution is -0.192. The Morgan fingerprint density at radius 3 is 2.44 bits per heavy atom. The summed E-state index contributed by atoms with van der Waals surface area (Å²) < 4.78 is 31.7. The summed E-state index contributed by atoms with van der Waals surface area (Å²) in [5, 5.41) is 10.5. The molecular formula is C11H17F3N2O2. The number of terminal acetylenes is 1. The Bertz CT molecular complexity index is 292. The summed E-state index contributed by atoms with van der Waals surface area (Å²) in [5.74, 6) is 0.00361. The molecule has 0 aromatic rings. The van der Waals surface area contributed by atoms with Crippen LogP contribution >= 0.6 is 0 Å². The number of aliphatic carboxylic acids is 1. The average molecular weight is 266 g/mol. The molecule has 1 heterocycles. The van der Waals surface area contributed by atoms with Gasteiger partial charge < -0.3 is 10.4 Å². The Hall–Kier alpha value is -1.26. The second kappa shape index (κ2) is 7.95. The highest BCUT2D eigenvalue weighted by Crippen LogP contribution is 2.13. The number of carbonyl (C=O) groups is 1. The van der Waals surface area contributed by atoms with Crippen LogP contribution in [0.3, 0.4) is 0 Å². The minimum absolute atomic E-state index is 0.301. The van der Waals surface area contributed by atoms with Crippen LogP contribution in [0.2, 0.25) is 0 Å². The number of hydrogen-bond acceptors (Lipinski definition) is 3. The minimum Gasteiger partial charge on any atom is -0.475 e. The van der Waals surface area contributed by atoms with Crippen molar-refractivity contribution in [1.82, 2.24) is 10.2 Å². The smallest absolute Gasteiger partial charge is 0.475 e. The standard InChI is InChI=1S/C9H16N2.C2HF3O2/c1-3-9(2)11-7-4-5-10-6-8-11;3-2(4,5)1(6)7/h1,9-10H,4-8H2,2H3;(H,6,7). The van der Waals surface area contributed by atoms with E-state index in [-0.39, 0.29) is 0 Å². The van der Waals surface area contributed by atoms with Crippen LogP contribution in [-0.4, -0.2) is 54.4 Å². The molecule has 0 radical (unpaired) electrons. The fourth-order valence-electron chi connectivity index (χ4n) is 1.36. The van der Waals surface area contributed by atoms with E-state index in [1.807, 2.05) is 0 Å². The zero-order chi connectivity index (χ0) is 14.2. The molecule has 4 nitrogen and oxygen atoms in total. The van der Waals surface area contributed by atoms with Crippen molar-refractivity contribution in [3.8, 4) is 12.3 Å². The van der Waals surface area contributed by atoms with Crippen LogP contribution in [0.15, 0.2) is 0 Å². The van der Waals surface area contributed by atoms with E-state index in [9.17, 15) is 13.2 Å². The van der Waals surface area contributed by atoms with Crippen molar-refractivity contribution in [2.24, 2.45) is 0 Å². The predicted octanol–water partition coefficient (Wildman–Crippen LogP) is 0.937. The molecule has 0 saturated carbocycles. The molecule has 18 heavy (non-hydrogen) atoms. The fourth-order valence-corrected chi connectivity index (χ4v) is 1.36. The summed E-state index contributed by atoms with van der Waals surface area (Å²) in [6.07, 6.45) is 1.47. The van der Waals surface area contributed by atoms with E-state index in [1.165, 1.54) is 6.42 Å². The van der Waals surface area contributed by atoms with Gasteiger partial charge in [0.2, 0.25) is 0 Å². The maximum Gasteiger partial charge on any atom is 0.490 e. The van der Waals surface area contributed by atoms with Gasteiger partial charge in [0.1, 0.15) is 0 Å². The van der Waals surface area contributed by atoms with Gasteiger partial charge in [-0.05, 0) is 19.9 Å². The van der Waals surface area contributed by atoms with Gasteiger partial charge in [0.15, 0.2) is 0 Å². The zero-order valence-corrected chi connectivity index (χ0v) is 10.1. The summed E-state index contributed by atoms with van der Waals surface area (Å²) >= 11 is 0. The van der Waals surface area contributed by atoms with Crippen LogP contribution in [0, 0.1) is 12.3 Å². The highest BCUT2D eigenvalue weighted by Gasteiger charge is 2.38. The van der Waals surface area contributed by atoms with Gasteiger partial charge in [-0.25, -0.2) is 4.79 Å². The van der Waals surface area contributed by atoms with Gasteiger partial charge in [-0.1, -0.05) is 5.92 Å². The summed E-state index contributed by atoms with van der Waals surface area (Å²) in [6, 6.07) is 0.301. The minimum atomic E-state index is -5.08. The Kier molecular flexibility index (Phi) is 7.39. The first-order valence-electron chi connectivity index (χ1n) is 5.50. The molecule has 1 unspecified atom stereocenters. The molecule has 0 bridgehead atoms. The van der Waals surface area contributed by atoms with Crippen molar-refractivity contribution in [3.05, 3.63) is 0 Å². The Morgan fingerprint density at radius 2 is 2.00 bits per heavy atom. The van der Waals surface area contributed by atoms with Crippen molar-refractivity contribution < 1.29 is 23.1 Å². The van der Waals surface area contributed by atoms with E-state index >= 15 is 0 Å². The SMILES string of the molecule is C#CC(C)N1CCCNCC1.O=C(O)C(F)(F)F. The highest BCUT2D eigenvalue weighted by atomic mass is 19.4. The van der Waals surface area contributed by atoms with E-state index in [4.69, 9.17) is 16.3 Å². The van der Waals surface area contributed by atoms with Gasteiger partial charge >= 0.3 is 12.1 Å². The van der Waals surface area contributed by atoms with Crippen LogP contribution in [0.4, 0.5) is 13.2 Å². The molecule has 0 spiro atoms. The molecule has 1 rings (SSSR count). The molecule has 1 aliphatic rings. The van der Waals surface area contributed by atoms with E-state index in [2.05, 4.69) is 23.1 Å². The number of alkyl halides is 3. The summed E-state index contributed by atoms with van der Waals surface area (Å²) in [6.45, 7) is 6.52. The topological polar surface area (TPSA) is 52.6 Å². The van der Waals surface area contributed by atoms with Gasteiger partial charge in [0, 0.05) is 19.6 Å². The van der Waals surface area contributed by atoms with Crippen LogP contribution in [-0.2, 0) is 4.79 Å². The molecule has 104 valence electrons. The van der Waals surface area contributed by atoms with E-state index in [1.54, 1.807) is 0 Å². The third-order valence-electron chi connectivity index (χ3n) is 2.41. The van der Waals surface area contributed by atoms with Gasteiger partial charge in [0.05, 0.1) is 6.04 Å². The quantitative estimate of drug-likeness (QED) is 0.693. The van der Waals surface area contributed by atoms with Gasteiger partial charge in [0.25, 0.3) is 0 Å². The Labute approximate surface area is 104 Å². The normalized spacial score (nSPS) is 18.8. The number of halogens is 3. The third-order valence-corrected chi connectivity index (χ3v) is 2.41. The Balaban J connectivity index is 0.000000360. The Morgan fingerprint density at radius 1 is 1.44 bits per heavy atom. The highest BCUT2D eigenvalue weighted by molar-refractivity contribution is 5.73. The van der Waals surface area contributed by atoms with E-state index < -0.39 is 12.1 Å². The van der Waals surface area contributed by atoms with Gasteiger partial charge in [-0.3, -0.25) is 4.90 Å². The van der Waals surface area contributed by atoms with E-state index in [0.717, 1.165) is 26.2 Å². The molecule has 0 aliphatic carbocycles. The molecule has 1 saturated heterocycles. The molecule has 1 fully saturated rings. The van der Waals surface area contributed by atoms with Gasteiger partial charge in [-0.2, -0.15) is 13.2 Å². The predicted molar refractivity (Wildman–Crippen MR) is 61.0 cm³/mol. The number of rotatable bonds is 1. The molecule has 0 aromatic heterocycles. The average Bonchev–Trinajstić information content (AvgIpc) is 2.56. The molecule has 7 heteroatoms. The van der Waals surface area contributed by atoms with Gasteiger partial charge in [-0.15, -0.1) is 6.42 Å². The van der Waals surface area contributed by atoms with Crippen molar-refractivity contribution in [1.29, 1.82) is 0 Å². The molecule has 0 aromatic carbocycles. The maximum atomic E-state index is 10.6. The molecule has 1 aliphatic heterocycles. The number of carboxylic acid groups (broad SMARTS) is 1. The lowest BCUT2D eigenvalue weighted by Gasteiger charge is -2.22.